The Hall–Kier alpha value is -2.21. The molecule has 0 heterocycles. The molecule has 1 aromatic rings. The number of carbonyl (C=O) groups excluding carboxylic acids is 1. The second-order valence-corrected chi connectivity index (χ2v) is 4.59. The SMILES string of the molecule is COC(=O)C/C(C#CCOc1ccccc1)=C/C(C)C. The van der Waals surface area contributed by atoms with Crippen LogP contribution in [0.5, 0.6) is 5.75 Å². The second-order valence-electron chi connectivity index (χ2n) is 4.59. The van der Waals surface area contributed by atoms with Crippen molar-refractivity contribution in [3.63, 3.8) is 0 Å². The van der Waals surface area contributed by atoms with Gasteiger partial charge in [-0.3, -0.25) is 4.79 Å². The molecule has 1 rings (SSSR count). The van der Waals surface area contributed by atoms with Gasteiger partial charge in [0, 0.05) is 5.57 Å². The van der Waals surface area contributed by atoms with Crippen LogP contribution in [-0.2, 0) is 9.53 Å². The summed E-state index contributed by atoms with van der Waals surface area (Å²) in [5, 5.41) is 0. The molecule has 0 N–H and O–H groups in total. The zero-order valence-electron chi connectivity index (χ0n) is 12.2. The predicted octanol–water partition coefficient (Wildman–Crippen LogP) is 3.21. The van der Waals surface area contributed by atoms with E-state index in [0.717, 1.165) is 11.3 Å². The molecule has 1 aromatic carbocycles. The van der Waals surface area contributed by atoms with Crippen molar-refractivity contribution in [2.75, 3.05) is 13.7 Å². The van der Waals surface area contributed by atoms with Crippen molar-refractivity contribution < 1.29 is 14.3 Å². The van der Waals surface area contributed by atoms with Gasteiger partial charge in [-0.1, -0.05) is 50.0 Å². The Balaban J connectivity index is 2.57. The van der Waals surface area contributed by atoms with Crippen LogP contribution in [0, 0.1) is 17.8 Å². The molecule has 0 amide bonds. The number of rotatable bonds is 5. The smallest absolute Gasteiger partial charge is 0.310 e. The van der Waals surface area contributed by atoms with E-state index >= 15 is 0 Å². The molecule has 0 radical (unpaired) electrons. The van der Waals surface area contributed by atoms with E-state index in [2.05, 4.69) is 16.6 Å². The lowest BCUT2D eigenvalue weighted by Gasteiger charge is -2.02. The van der Waals surface area contributed by atoms with Crippen LogP contribution < -0.4 is 4.74 Å². The summed E-state index contributed by atoms with van der Waals surface area (Å²) in [6.45, 7) is 4.37. The summed E-state index contributed by atoms with van der Waals surface area (Å²) in [6.07, 6.45) is 2.17. The highest BCUT2D eigenvalue weighted by Crippen LogP contribution is 2.08. The van der Waals surface area contributed by atoms with Crippen LogP contribution >= 0.6 is 0 Å². The van der Waals surface area contributed by atoms with Gasteiger partial charge in [-0.05, 0) is 18.1 Å². The molecule has 0 aliphatic heterocycles. The third-order valence-corrected chi connectivity index (χ3v) is 2.40. The van der Waals surface area contributed by atoms with Gasteiger partial charge in [0.1, 0.15) is 12.4 Å². The van der Waals surface area contributed by atoms with Crippen molar-refractivity contribution in [3.8, 4) is 17.6 Å². The summed E-state index contributed by atoms with van der Waals surface area (Å²) < 4.78 is 10.1. The monoisotopic (exact) mass is 272 g/mol. The quantitative estimate of drug-likeness (QED) is 0.610. The van der Waals surface area contributed by atoms with E-state index < -0.39 is 0 Å². The number of hydrogen-bond donors (Lipinski definition) is 0. The van der Waals surface area contributed by atoms with Crippen LogP contribution in [0.15, 0.2) is 42.0 Å². The zero-order valence-corrected chi connectivity index (χ0v) is 12.2. The zero-order chi connectivity index (χ0) is 14.8. The third-order valence-electron chi connectivity index (χ3n) is 2.40. The Morgan fingerprint density at radius 1 is 1.30 bits per heavy atom. The summed E-state index contributed by atoms with van der Waals surface area (Å²) in [5.74, 6) is 6.72. The molecule has 3 heteroatoms. The predicted molar refractivity (Wildman–Crippen MR) is 79.3 cm³/mol. The van der Waals surface area contributed by atoms with Gasteiger partial charge < -0.3 is 9.47 Å². The average molecular weight is 272 g/mol. The molecule has 3 nitrogen and oxygen atoms in total. The third kappa shape index (κ3) is 6.65. The highest BCUT2D eigenvalue weighted by molar-refractivity contribution is 5.73. The summed E-state index contributed by atoms with van der Waals surface area (Å²) in [4.78, 5) is 11.3. The summed E-state index contributed by atoms with van der Waals surface area (Å²) in [7, 11) is 1.38. The Morgan fingerprint density at radius 3 is 2.60 bits per heavy atom. The maximum atomic E-state index is 11.3. The van der Waals surface area contributed by atoms with Crippen molar-refractivity contribution in [3.05, 3.63) is 42.0 Å². The molecule has 20 heavy (non-hydrogen) atoms. The second kappa shape index (κ2) is 8.82. The summed E-state index contributed by atoms with van der Waals surface area (Å²) >= 11 is 0. The minimum absolute atomic E-state index is 0.201. The lowest BCUT2D eigenvalue weighted by molar-refractivity contribution is -0.139. The van der Waals surface area contributed by atoms with E-state index in [-0.39, 0.29) is 12.4 Å². The van der Waals surface area contributed by atoms with E-state index in [1.54, 1.807) is 0 Å². The number of ether oxygens (including phenoxy) is 2. The van der Waals surface area contributed by atoms with Crippen LogP contribution in [-0.4, -0.2) is 19.7 Å². The number of carbonyl (C=O) groups is 1. The average Bonchev–Trinajstić information content (AvgIpc) is 2.43. The van der Waals surface area contributed by atoms with Crippen LogP contribution in [0.2, 0.25) is 0 Å². The Labute approximate surface area is 120 Å². The lowest BCUT2D eigenvalue weighted by Crippen LogP contribution is -2.02. The Morgan fingerprint density at radius 2 is 2.00 bits per heavy atom. The molecule has 0 aliphatic carbocycles. The Kier molecular flexibility index (Phi) is 6.99. The first-order valence-corrected chi connectivity index (χ1v) is 6.56. The van der Waals surface area contributed by atoms with Crippen LogP contribution in [0.1, 0.15) is 20.3 Å². The van der Waals surface area contributed by atoms with Gasteiger partial charge in [0.2, 0.25) is 0 Å². The fourth-order valence-corrected chi connectivity index (χ4v) is 1.56. The highest BCUT2D eigenvalue weighted by atomic mass is 16.5. The summed E-state index contributed by atoms with van der Waals surface area (Å²) in [6, 6.07) is 9.49. The minimum atomic E-state index is -0.282. The van der Waals surface area contributed by atoms with Gasteiger partial charge in [0.05, 0.1) is 13.5 Å². The van der Waals surface area contributed by atoms with Gasteiger partial charge in [0.15, 0.2) is 0 Å². The number of para-hydroxylation sites is 1. The van der Waals surface area contributed by atoms with E-state index in [1.807, 2.05) is 50.3 Å². The van der Waals surface area contributed by atoms with Gasteiger partial charge in [0.25, 0.3) is 0 Å². The van der Waals surface area contributed by atoms with Gasteiger partial charge >= 0.3 is 5.97 Å². The molecule has 0 fully saturated rings. The number of esters is 1. The molecule has 0 saturated heterocycles. The van der Waals surface area contributed by atoms with Gasteiger partial charge in [-0.25, -0.2) is 0 Å². The summed E-state index contributed by atoms with van der Waals surface area (Å²) in [5.41, 5.74) is 0.767. The topological polar surface area (TPSA) is 35.5 Å². The fraction of sp³-hybridized carbons (Fsp3) is 0.353. The molecule has 0 aromatic heterocycles. The highest BCUT2D eigenvalue weighted by Gasteiger charge is 2.04. The van der Waals surface area contributed by atoms with Crippen LogP contribution in [0.4, 0.5) is 0 Å². The number of allylic oxidation sites excluding steroid dienone is 1. The lowest BCUT2D eigenvalue weighted by atomic mass is 10.1. The molecule has 0 aliphatic rings. The Bertz CT molecular complexity index is 504. The van der Waals surface area contributed by atoms with Crippen molar-refractivity contribution in [2.24, 2.45) is 5.92 Å². The first-order chi connectivity index (χ1) is 9.61. The van der Waals surface area contributed by atoms with E-state index in [4.69, 9.17) is 4.74 Å². The van der Waals surface area contributed by atoms with Crippen molar-refractivity contribution >= 4 is 5.97 Å². The fourth-order valence-electron chi connectivity index (χ4n) is 1.56. The van der Waals surface area contributed by atoms with E-state index in [0.29, 0.717) is 12.5 Å². The minimum Gasteiger partial charge on any atom is -0.481 e. The van der Waals surface area contributed by atoms with Crippen LogP contribution in [0.25, 0.3) is 0 Å². The normalized spacial score (nSPS) is 10.7. The van der Waals surface area contributed by atoms with Gasteiger partial charge in [-0.2, -0.15) is 0 Å². The largest absolute Gasteiger partial charge is 0.481 e. The molecule has 0 spiro atoms. The number of methoxy groups -OCH3 is 1. The van der Waals surface area contributed by atoms with Gasteiger partial charge in [-0.15, -0.1) is 0 Å². The molecule has 106 valence electrons. The van der Waals surface area contributed by atoms with Crippen molar-refractivity contribution in [2.45, 2.75) is 20.3 Å². The molecule has 0 atom stereocenters. The van der Waals surface area contributed by atoms with Crippen LogP contribution in [0.3, 0.4) is 0 Å². The number of benzene rings is 1. The number of hydrogen-bond acceptors (Lipinski definition) is 3. The molecule has 0 bridgehead atoms. The molecule has 0 saturated carbocycles. The van der Waals surface area contributed by atoms with Crippen molar-refractivity contribution in [1.29, 1.82) is 0 Å². The molecular formula is C17H20O3. The molecular weight excluding hydrogens is 252 g/mol. The van der Waals surface area contributed by atoms with E-state index in [9.17, 15) is 4.79 Å². The first-order valence-electron chi connectivity index (χ1n) is 6.56. The standard InChI is InChI=1S/C17H20O3/c1-14(2)12-15(13-17(18)19-3)8-7-11-20-16-9-5-4-6-10-16/h4-6,9-10,12,14H,11,13H2,1-3H3/b15-12+. The first kappa shape index (κ1) is 15.8. The molecule has 0 unspecified atom stereocenters. The maximum Gasteiger partial charge on any atom is 0.310 e. The van der Waals surface area contributed by atoms with E-state index in [1.165, 1.54) is 7.11 Å². The van der Waals surface area contributed by atoms with Crippen molar-refractivity contribution in [1.82, 2.24) is 0 Å². The maximum absolute atomic E-state index is 11.3.